The number of aliphatic hydroxyl groups excluding tert-OH is 1. The maximum Gasteiger partial charge on any atom is 0.186 e. The highest BCUT2D eigenvalue weighted by molar-refractivity contribution is 7.15. The fourth-order valence-electron chi connectivity index (χ4n) is 1.59. The Balaban J connectivity index is 2.96. The molecule has 0 bridgehead atoms. The molecule has 0 aromatic carbocycles. The minimum Gasteiger partial charge on any atom is -0.391 e. The molecular formula is C11H20N2O2S. The van der Waals surface area contributed by atoms with Crippen molar-refractivity contribution in [1.82, 2.24) is 4.98 Å². The van der Waals surface area contributed by atoms with Crippen molar-refractivity contribution in [3.8, 4) is 0 Å². The number of hydrogen-bond acceptors (Lipinski definition) is 5. The van der Waals surface area contributed by atoms with Crippen LogP contribution in [0.4, 0.5) is 5.13 Å². The zero-order chi connectivity index (χ0) is 12.1. The van der Waals surface area contributed by atoms with Crippen LogP contribution in [-0.2, 0) is 18.0 Å². The van der Waals surface area contributed by atoms with E-state index in [4.69, 9.17) is 4.74 Å². The van der Waals surface area contributed by atoms with Gasteiger partial charge in [0.05, 0.1) is 23.8 Å². The molecule has 0 saturated heterocycles. The Hall–Kier alpha value is -0.650. The molecule has 0 aliphatic carbocycles. The van der Waals surface area contributed by atoms with E-state index >= 15 is 0 Å². The molecule has 4 nitrogen and oxygen atoms in total. The summed E-state index contributed by atoms with van der Waals surface area (Å²) in [5.41, 5.74) is 0.851. The van der Waals surface area contributed by atoms with Gasteiger partial charge in [-0.25, -0.2) is 4.98 Å². The van der Waals surface area contributed by atoms with Crippen LogP contribution in [0.3, 0.4) is 0 Å². The molecular weight excluding hydrogens is 224 g/mol. The normalized spacial score (nSPS) is 11.1. The largest absolute Gasteiger partial charge is 0.391 e. The van der Waals surface area contributed by atoms with Crippen molar-refractivity contribution in [1.29, 1.82) is 0 Å². The van der Waals surface area contributed by atoms with Gasteiger partial charge in [-0.05, 0) is 20.8 Å². The molecule has 0 aliphatic heterocycles. The molecule has 1 heterocycles. The molecule has 0 spiro atoms. The highest BCUT2D eigenvalue weighted by Gasteiger charge is 2.16. The van der Waals surface area contributed by atoms with Gasteiger partial charge in [0.2, 0.25) is 0 Å². The molecule has 0 fully saturated rings. The molecule has 0 aliphatic rings. The van der Waals surface area contributed by atoms with E-state index in [1.54, 1.807) is 18.4 Å². The van der Waals surface area contributed by atoms with Crippen LogP contribution < -0.4 is 4.90 Å². The molecule has 1 rings (SSSR count). The van der Waals surface area contributed by atoms with Gasteiger partial charge >= 0.3 is 0 Å². The lowest BCUT2D eigenvalue weighted by Gasteiger charge is -2.24. The molecule has 1 aromatic heterocycles. The lowest BCUT2D eigenvalue weighted by Crippen LogP contribution is -2.30. The van der Waals surface area contributed by atoms with E-state index < -0.39 is 0 Å². The number of thiazole rings is 1. The second kappa shape index (κ2) is 6.18. The third kappa shape index (κ3) is 2.93. The molecule has 92 valence electrons. The maximum absolute atomic E-state index is 9.25. The third-order valence-corrected chi connectivity index (χ3v) is 3.52. The standard InChI is InChI=1S/C11H20N2O2S/c1-5-13(8(2)3)11-12-9(7-15-4)10(6-14)16-11/h8,14H,5-7H2,1-4H3. The number of methoxy groups -OCH3 is 1. The molecule has 0 saturated carbocycles. The molecule has 0 atom stereocenters. The van der Waals surface area contributed by atoms with Gasteiger partial charge in [-0.2, -0.15) is 0 Å². The van der Waals surface area contributed by atoms with Crippen molar-refractivity contribution in [2.24, 2.45) is 0 Å². The van der Waals surface area contributed by atoms with Crippen LogP contribution in [-0.4, -0.2) is 29.8 Å². The SMILES string of the molecule is CCN(c1nc(COC)c(CO)s1)C(C)C. The second-order valence-corrected chi connectivity index (χ2v) is 4.90. The summed E-state index contributed by atoms with van der Waals surface area (Å²) in [7, 11) is 1.64. The summed E-state index contributed by atoms with van der Waals surface area (Å²) in [5, 5.41) is 10.2. The van der Waals surface area contributed by atoms with Gasteiger partial charge in [-0.15, -0.1) is 0 Å². The van der Waals surface area contributed by atoms with Crippen LogP contribution in [0.5, 0.6) is 0 Å². The number of hydrogen-bond donors (Lipinski definition) is 1. The Morgan fingerprint density at radius 1 is 1.50 bits per heavy atom. The molecule has 5 heteroatoms. The van der Waals surface area contributed by atoms with Gasteiger partial charge < -0.3 is 14.7 Å². The number of aliphatic hydroxyl groups is 1. The van der Waals surface area contributed by atoms with E-state index in [-0.39, 0.29) is 6.61 Å². The monoisotopic (exact) mass is 244 g/mol. The number of rotatable bonds is 6. The lowest BCUT2D eigenvalue weighted by molar-refractivity contribution is 0.179. The Labute approximate surface area is 101 Å². The minimum absolute atomic E-state index is 0.0337. The van der Waals surface area contributed by atoms with E-state index in [2.05, 4.69) is 30.7 Å². The average molecular weight is 244 g/mol. The molecule has 0 unspecified atom stereocenters. The minimum atomic E-state index is 0.0337. The fraction of sp³-hybridized carbons (Fsp3) is 0.727. The Bertz CT molecular complexity index is 326. The fourth-order valence-corrected chi connectivity index (χ4v) is 2.71. The average Bonchev–Trinajstić information content (AvgIpc) is 2.62. The summed E-state index contributed by atoms with van der Waals surface area (Å²) in [4.78, 5) is 7.63. The van der Waals surface area contributed by atoms with Crippen molar-refractivity contribution < 1.29 is 9.84 Å². The van der Waals surface area contributed by atoms with Crippen molar-refractivity contribution >= 4 is 16.5 Å². The van der Waals surface area contributed by atoms with Crippen LogP contribution >= 0.6 is 11.3 Å². The topological polar surface area (TPSA) is 45.6 Å². The van der Waals surface area contributed by atoms with Crippen LogP contribution in [0.2, 0.25) is 0 Å². The first-order valence-corrected chi connectivity index (χ1v) is 6.30. The van der Waals surface area contributed by atoms with E-state index in [9.17, 15) is 5.11 Å². The van der Waals surface area contributed by atoms with E-state index in [1.807, 2.05) is 0 Å². The number of aromatic nitrogens is 1. The maximum atomic E-state index is 9.25. The van der Waals surface area contributed by atoms with Gasteiger partial charge in [0.15, 0.2) is 5.13 Å². The van der Waals surface area contributed by atoms with E-state index in [1.165, 1.54) is 0 Å². The first-order chi connectivity index (χ1) is 7.63. The van der Waals surface area contributed by atoms with Gasteiger partial charge in [-0.1, -0.05) is 11.3 Å². The third-order valence-electron chi connectivity index (χ3n) is 2.40. The van der Waals surface area contributed by atoms with E-state index in [0.29, 0.717) is 12.6 Å². The first kappa shape index (κ1) is 13.4. The summed E-state index contributed by atoms with van der Waals surface area (Å²) in [6.45, 7) is 7.80. The van der Waals surface area contributed by atoms with Crippen molar-refractivity contribution in [3.63, 3.8) is 0 Å². The predicted molar refractivity (Wildman–Crippen MR) is 66.9 cm³/mol. The summed E-state index contributed by atoms with van der Waals surface area (Å²) >= 11 is 1.55. The summed E-state index contributed by atoms with van der Waals surface area (Å²) in [6.07, 6.45) is 0. The second-order valence-electron chi connectivity index (χ2n) is 3.84. The highest BCUT2D eigenvalue weighted by atomic mass is 32.1. The molecule has 0 amide bonds. The van der Waals surface area contributed by atoms with Crippen molar-refractivity contribution in [2.45, 2.75) is 40.0 Å². The van der Waals surface area contributed by atoms with Crippen LogP contribution in [0.25, 0.3) is 0 Å². The van der Waals surface area contributed by atoms with E-state index in [0.717, 1.165) is 22.2 Å². The van der Waals surface area contributed by atoms with Gasteiger partial charge in [0.25, 0.3) is 0 Å². The predicted octanol–water partition coefficient (Wildman–Crippen LogP) is 2.02. The zero-order valence-corrected chi connectivity index (χ0v) is 11.2. The zero-order valence-electron chi connectivity index (χ0n) is 10.4. The number of ether oxygens (including phenoxy) is 1. The van der Waals surface area contributed by atoms with Crippen molar-refractivity contribution in [2.75, 3.05) is 18.6 Å². The molecule has 1 N–H and O–H groups in total. The van der Waals surface area contributed by atoms with Gasteiger partial charge in [0.1, 0.15) is 0 Å². The van der Waals surface area contributed by atoms with Gasteiger partial charge in [-0.3, -0.25) is 0 Å². The quantitative estimate of drug-likeness (QED) is 0.831. The summed E-state index contributed by atoms with van der Waals surface area (Å²) in [6, 6.07) is 0.415. The Morgan fingerprint density at radius 2 is 2.19 bits per heavy atom. The van der Waals surface area contributed by atoms with Crippen molar-refractivity contribution in [3.05, 3.63) is 10.6 Å². The molecule has 1 aromatic rings. The number of anilines is 1. The van der Waals surface area contributed by atoms with Crippen LogP contribution in [0, 0.1) is 0 Å². The highest BCUT2D eigenvalue weighted by Crippen LogP contribution is 2.28. The number of nitrogens with zero attached hydrogens (tertiary/aromatic N) is 2. The smallest absolute Gasteiger partial charge is 0.186 e. The van der Waals surface area contributed by atoms with Crippen LogP contribution in [0.1, 0.15) is 31.3 Å². The Morgan fingerprint density at radius 3 is 2.62 bits per heavy atom. The van der Waals surface area contributed by atoms with Gasteiger partial charge in [0, 0.05) is 19.7 Å². The summed E-state index contributed by atoms with van der Waals surface area (Å²) in [5.74, 6) is 0. The summed E-state index contributed by atoms with van der Waals surface area (Å²) < 4.78 is 5.07. The molecule has 0 radical (unpaired) electrons. The first-order valence-electron chi connectivity index (χ1n) is 5.49. The van der Waals surface area contributed by atoms with Crippen LogP contribution in [0.15, 0.2) is 0 Å². The Kier molecular flexibility index (Phi) is 5.18. The lowest BCUT2D eigenvalue weighted by atomic mass is 10.3. The molecule has 16 heavy (non-hydrogen) atoms.